The molecule has 168 valence electrons. The second-order valence-corrected chi connectivity index (χ2v) is 7.89. The molecule has 2 N–H and O–H groups in total. The van der Waals surface area contributed by atoms with E-state index >= 15 is 0 Å². The van der Waals surface area contributed by atoms with Crippen LogP contribution in [0.2, 0.25) is 0 Å². The molecule has 7 nitrogen and oxygen atoms in total. The summed E-state index contributed by atoms with van der Waals surface area (Å²) in [7, 11) is 3.02. The molecule has 0 fully saturated rings. The lowest BCUT2D eigenvalue weighted by atomic mass is 10.1. The number of carbonyl (C=O) groups excluding carboxylic acids is 2. The maximum absolute atomic E-state index is 12.6. The normalized spacial score (nSPS) is 11.3. The van der Waals surface area contributed by atoms with Gasteiger partial charge in [-0.15, -0.1) is 0 Å². The first-order valence-electron chi connectivity index (χ1n) is 10.1. The SMILES string of the molecule is COc1ccccc1NC(=O)COc1ccc(C(=O)NC(C)Cc2ccsc2)cc1OC. The molecule has 0 saturated heterocycles. The van der Waals surface area contributed by atoms with Crippen molar-refractivity contribution in [2.75, 3.05) is 26.1 Å². The van der Waals surface area contributed by atoms with Crippen molar-refractivity contribution in [2.24, 2.45) is 0 Å². The van der Waals surface area contributed by atoms with Crippen molar-refractivity contribution in [1.29, 1.82) is 0 Å². The molecule has 3 rings (SSSR count). The lowest BCUT2D eigenvalue weighted by molar-refractivity contribution is -0.118. The summed E-state index contributed by atoms with van der Waals surface area (Å²) in [6.07, 6.45) is 0.759. The maximum Gasteiger partial charge on any atom is 0.262 e. The summed E-state index contributed by atoms with van der Waals surface area (Å²) in [4.78, 5) is 24.9. The smallest absolute Gasteiger partial charge is 0.262 e. The van der Waals surface area contributed by atoms with E-state index < -0.39 is 0 Å². The van der Waals surface area contributed by atoms with Gasteiger partial charge in [0.2, 0.25) is 0 Å². The minimum atomic E-state index is -0.347. The Bertz CT molecular complexity index is 1050. The van der Waals surface area contributed by atoms with Crippen LogP contribution in [0.1, 0.15) is 22.8 Å². The van der Waals surface area contributed by atoms with Gasteiger partial charge < -0.3 is 24.8 Å². The van der Waals surface area contributed by atoms with E-state index in [9.17, 15) is 9.59 Å². The van der Waals surface area contributed by atoms with Crippen molar-refractivity contribution >= 4 is 28.8 Å². The first kappa shape index (κ1) is 23.1. The number of anilines is 1. The molecule has 2 amide bonds. The number of methoxy groups -OCH3 is 2. The highest BCUT2D eigenvalue weighted by Crippen LogP contribution is 2.28. The zero-order valence-corrected chi connectivity index (χ0v) is 19.0. The molecule has 1 heterocycles. The Kier molecular flexibility index (Phi) is 8.10. The molecular weight excluding hydrogens is 428 g/mol. The number of nitrogens with one attached hydrogen (secondary N) is 2. The first-order valence-corrected chi connectivity index (χ1v) is 11.0. The summed E-state index contributed by atoms with van der Waals surface area (Å²) in [6, 6.07) is 14.0. The Labute approximate surface area is 191 Å². The molecule has 0 aliphatic rings. The van der Waals surface area contributed by atoms with Gasteiger partial charge in [-0.05, 0) is 66.1 Å². The van der Waals surface area contributed by atoms with E-state index in [0.717, 1.165) is 6.42 Å². The largest absolute Gasteiger partial charge is 0.495 e. The van der Waals surface area contributed by atoms with E-state index in [1.165, 1.54) is 19.8 Å². The third-order valence-electron chi connectivity index (χ3n) is 4.67. The van der Waals surface area contributed by atoms with Crippen LogP contribution in [0, 0.1) is 0 Å². The third-order valence-corrected chi connectivity index (χ3v) is 5.40. The highest BCUT2D eigenvalue weighted by molar-refractivity contribution is 7.07. The standard InChI is InChI=1S/C24H26N2O5S/c1-16(12-17-10-11-32-15-17)25-24(28)18-8-9-21(22(13-18)30-3)31-14-23(27)26-19-6-4-5-7-20(19)29-2/h4-11,13,15-16H,12,14H2,1-3H3,(H,25,28)(H,26,27). The van der Waals surface area contributed by atoms with Crippen LogP contribution >= 0.6 is 11.3 Å². The van der Waals surface area contributed by atoms with Gasteiger partial charge >= 0.3 is 0 Å². The molecule has 3 aromatic rings. The maximum atomic E-state index is 12.6. The van der Waals surface area contributed by atoms with E-state index in [-0.39, 0.29) is 24.5 Å². The zero-order valence-electron chi connectivity index (χ0n) is 18.2. The van der Waals surface area contributed by atoms with Crippen molar-refractivity contribution in [3.63, 3.8) is 0 Å². The van der Waals surface area contributed by atoms with Crippen LogP contribution in [0.25, 0.3) is 0 Å². The predicted molar refractivity (Wildman–Crippen MR) is 125 cm³/mol. The molecule has 0 radical (unpaired) electrons. The summed E-state index contributed by atoms with van der Waals surface area (Å²) in [5.74, 6) is 0.743. The number of carbonyl (C=O) groups is 2. The lowest BCUT2D eigenvalue weighted by Crippen LogP contribution is -2.34. The van der Waals surface area contributed by atoms with Crippen molar-refractivity contribution in [1.82, 2.24) is 5.32 Å². The molecule has 1 atom stereocenters. The molecule has 0 saturated carbocycles. The van der Waals surface area contributed by atoms with Crippen molar-refractivity contribution in [3.05, 3.63) is 70.4 Å². The Hall–Kier alpha value is -3.52. The van der Waals surface area contributed by atoms with Crippen molar-refractivity contribution < 1.29 is 23.8 Å². The van der Waals surface area contributed by atoms with Crippen molar-refractivity contribution in [3.8, 4) is 17.2 Å². The number of rotatable bonds is 10. The van der Waals surface area contributed by atoms with E-state index in [2.05, 4.69) is 16.0 Å². The quantitative estimate of drug-likeness (QED) is 0.481. The van der Waals surface area contributed by atoms with Gasteiger partial charge in [0, 0.05) is 11.6 Å². The average molecular weight is 455 g/mol. The monoisotopic (exact) mass is 454 g/mol. The van der Waals surface area contributed by atoms with E-state index in [0.29, 0.717) is 28.5 Å². The van der Waals surface area contributed by atoms with Gasteiger partial charge in [-0.1, -0.05) is 12.1 Å². The lowest BCUT2D eigenvalue weighted by Gasteiger charge is -2.15. The fourth-order valence-electron chi connectivity index (χ4n) is 3.13. The molecule has 0 spiro atoms. The van der Waals surface area contributed by atoms with Crippen LogP contribution in [0.3, 0.4) is 0 Å². The molecular formula is C24H26N2O5S. The highest BCUT2D eigenvalue weighted by atomic mass is 32.1. The summed E-state index contributed by atoms with van der Waals surface area (Å²) in [6.45, 7) is 1.74. The molecule has 1 unspecified atom stereocenters. The Balaban J connectivity index is 1.58. The number of benzene rings is 2. The number of hydrogen-bond donors (Lipinski definition) is 2. The van der Waals surface area contributed by atoms with Gasteiger partial charge in [0.25, 0.3) is 11.8 Å². The van der Waals surface area contributed by atoms with Gasteiger partial charge in [-0.2, -0.15) is 11.3 Å². The van der Waals surface area contributed by atoms with Gasteiger partial charge in [0.15, 0.2) is 18.1 Å². The molecule has 0 aliphatic carbocycles. The van der Waals surface area contributed by atoms with E-state index in [1.54, 1.807) is 47.7 Å². The van der Waals surface area contributed by atoms with Gasteiger partial charge in [-0.25, -0.2) is 0 Å². The molecule has 32 heavy (non-hydrogen) atoms. The minimum absolute atomic E-state index is 0.0160. The van der Waals surface area contributed by atoms with Crippen LogP contribution < -0.4 is 24.8 Å². The second kappa shape index (κ2) is 11.2. The summed E-state index contributed by atoms with van der Waals surface area (Å²) >= 11 is 1.63. The zero-order chi connectivity index (χ0) is 22.9. The first-order chi connectivity index (χ1) is 15.5. The fraction of sp³-hybridized carbons (Fsp3) is 0.250. The van der Waals surface area contributed by atoms with Gasteiger partial charge in [0.05, 0.1) is 19.9 Å². The van der Waals surface area contributed by atoms with Gasteiger partial charge in [0.1, 0.15) is 5.75 Å². The topological polar surface area (TPSA) is 85.9 Å². The Morgan fingerprint density at radius 2 is 1.78 bits per heavy atom. The van der Waals surface area contributed by atoms with E-state index in [4.69, 9.17) is 14.2 Å². The number of hydrogen-bond acceptors (Lipinski definition) is 6. The summed E-state index contributed by atoms with van der Waals surface area (Å²) in [5, 5.41) is 9.82. The van der Waals surface area contributed by atoms with Crippen LogP contribution in [-0.4, -0.2) is 38.7 Å². The number of para-hydroxylation sites is 2. The van der Waals surface area contributed by atoms with Gasteiger partial charge in [-0.3, -0.25) is 9.59 Å². The Morgan fingerprint density at radius 3 is 2.50 bits per heavy atom. The summed E-state index contributed by atoms with van der Waals surface area (Å²) < 4.78 is 16.2. The number of thiophene rings is 1. The second-order valence-electron chi connectivity index (χ2n) is 7.11. The average Bonchev–Trinajstić information content (AvgIpc) is 3.30. The highest BCUT2D eigenvalue weighted by Gasteiger charge is 2.15. The molecule has 8 heteroatoms. The predicted octanol–water partition coefficient (Wildman–Crippen LogP) is 4.14. The molecule has 2 aromatic carbocycles. The number of ether oxygens (including phenoxy) is 3. The number of amides is 2. The van der Waals surface area contributed by atoms with Crippen LogP contribution in [0.4, 0.5) is 5.69 Å². The van der Waals surface area contributed by atoms with Crippen LogP contribution in [0.15, 0.2) is 59.3 Å². The Morgan fingerprint density at radius 1 is 1.00 bits per heavy atom. The molecule has 0 aliphatic heterocycles. The van der Waals surface area contributed by atoms with Crippen molar-refractivity contribution in [2.45, 2.75) is 19.4 Å². The fourth-order valence-corrected chi connectivity index (χ4v) is 3.81. The molecule has 1 aromatic heterocycles. The van der Waals surface area contributed by atoms with E-state index in [1.807, 2.05) is 24.4 Å². The van der Waals surface area contributed by atoms with Crippen LogP contribution in [-0.2, 0) is 11.2 Å². The minimum Gasteiger partial charge on any atom is -0.495 e. The third kappa shape index (κ3) is 6.24. The van der Waals surface area contributed by atoms with Crippen LogP contribution in [0.5, 0.6) is 17.2 Å². The molecule has 0 bridgehead atoms. The summed E-state index contributed by atoms with van der Waals surface area (Å²) in [5.41, 5.74) is 2.19.